The van der Waals surface area contributed by atoms with E-state index in [1.807, 2.05) is 0 Å². The number of hydrogen-bond acceptors (Lipinski definition) is 6. The summed E-state index contributed by atoms with van der Waals surface area (Å²) in [5.74, 6) is -0.345. The molecule has 16 heavy (non-hydrogen) atoms. The maximum Gasteiger partial charge on any atom is 0.273 e. The predicted molar refractivity (Wildman–Crippen MR) is 55.3 cm³/mol. The van der Waals surface area contributed by atoms with Crippen LogP contribution in [0.25, 0.3) is 0 Å². The van der Waals surface area contributed by atoms with Gasteiger partial charge < -0.3 is 20.7 Å². The topological polar surface area (TPSA) is 119 Å². The molecule has 1 aromatic rings. The number of hydrogen-bond donors (Lipinski definition) is 3. The van der Waals surface area contributed by atoms with E-state index in [1.54, 1.807) is 0 Å². The molecule has 0 bridgehead atoms. The van der Waals surface area contributed by atoms with Gasteiger partial charge >= 0.3 is 0 Å². The summed E-state index contributed by atoms with van der Waals surface area (Å²) < 4.78 is 4.78. The first-order chi connectivity index (χ1) is 7.51. The van der Waals surface area contributed by atoms with Crippen molar-refractivity contribution in [2.45, 2.75) is 6.04 Å². The molecule has 0 aliphatic rings. The average Bonchev–Trinajstić information content (AvgIpc) is 2.28. The number of benzene rings is 1. The number of non-ortho nitro benzene ring substituents is 1. The van der Waals surface area contributed by atoms with Gasteiger partial charge in [-0.15, -0.1) is 0 Å². The number of nitrogens with zero attached hydrogens (tertiary/aromatic N) is 1. The molecule has 1 rings (SSSR count). The third-order valence-corrected chi connectivity index (χ3v) is 2.12. The Morgan fingerprint density at radius 2 is 2.25 bits per heavy atom. The number of nitro benzene ring substituents is 1. The number of nitro groups is 1. The Labute approximate surface area is 91.2 Å². The quantitative estimate of drug-likeness (QED) is 0.503. The number of ether oxygens (including phenoxy) is 1. The number of phenols is 1. The van der Waals surface area contributed by atoms with E-state index in [0.717, 1.165) is 12.1 Å². The molecule has 7 heteroatoms. The van der Waals surface area contributed by atoms with Crippen molar-refractivity contribution >= 4 is 5.69 Å². The number of phenolic OH excluding ortho intramolecular Hbond substituents is 1. The van der Waals surface area contributed by atoms with Crippen molar-refractivity contribution in [2.75, 3.05) is 13.7 Å². The normalized spacial score (nSPS) is 12.2. The third-order valence-electron chi connectivity index (χ3n) is 2.12. The third kappa shape index (κ3) is 2.20. The lowest BCUT2D eigenvalue weighted by Crippen LogP contribution is -2.15. The second kappa shape index (κ2) is 4.77. The highest BCUT2D eigenvalue weighted by atomic mass is 16.6. The smallest absolute Gasteiger partial charge is 0.273 e. The Morgan fingerprint density at radius 3 is 2.69 bits per heavy atom. The lowest BCUT2D eigenvalue weighted by atomic mass is 10.1. The summed E-state index contributed by atoms with van der Waals surface area (Å²) in [7, 11) is 1.27. The summed E-state index contributed by atoms with van der Waals surface area (Å²) >= 11 is 0. The van der Waals surface area contributed by atoms with Crippen molar-refractivity contribution in [3.8, 4) is 11.5 Å². The molecule has 7 nitrogen and oxygen atoms in total. The largest absolute Gasteiger partial charge is 0.504 e. The molecular weight excluding hydrogens is 216 g/mol. The van der Waals surface area contributed by atoms with Gasteiger partial charge in [-0.1, -0.05) is 0 Å². The van der Waals surface area contributed by atoms with Crippen LogP contribution in [0, 0.1) is 10.1 Å². The number of nitrogens with two attached hydrogens (primary N) is 1. The second-order valence-electron chi connectivity index (χ2n) is 3.13. The monoisotopic (exact) mass is 228 g/mol. The summed E-state index contributed by atoms with van der Waals surface area (Å²) in [6.45, 7) is -0.433. The van der Waals surface area contributed by atoms with Crippen molar-refractivity contribution in [3.05, 3.63) is 27.8 Å². The van der Waals surface area contributed by atoms with E-state index in [0.29, 0.717) is 0 Å². The van der Waals surface area contributed by atoms with Crippen LogP contribution < -0.4 is 10.5 Å². The van der Waals surface area contributed by atoms with E-state index in [4.69, 9.17) is 15.6 Å². The molecule has 0 aliphatic heterocycles. The van der Waals surface area contributed by atoms with Crippen LogP contribution in [0.4, 0.5) is 5.69 Å². The fraction of sp³-hybridized carbons (Fsp3) is 0.333. The summed E-state index contributed by atoms with van der Waals surface area (Å²) in [5, 5.41) is 29.1. The van der Waals surface area contributed by atoms with Crippen molar-refractivity contribution in [1.29, 1.82) is 0 Å². The second-order valence-corrected chi connectivity index (χ2v) is 3.13. The van der Waals surface area contributed by atoms with Gasteiger partial charge in [0, 0.05) is 11.6 Å². The van der Waals surface area contributed by atoms with Crippen LogP contribution in [0.15, 0.2) is 12.1 Å². The summed E-state index contributed by atoms with van der Waals surface area (Å²) in [6, 6.07) is 1.30. The SMILES string of the molecule is COc1cc([N+](=O)[O-])cc([C@@H](N)CO)c1O. The van der Waals surface area contributed by atoms with Crippen LogP contribution in [-0.2, 0) is 0 Å². The molecule has 1 atom stereocenters. The number of aliphatic hydroxyl groups is 1. The molecule has 0 saturated carbocycles. The van der Waals surface area contributed by atoms with Crippen molar-refractivity contribution in [3.63, 3.8) is 0 Å². The first-order valence-corrected chi connectivity index (χ1v) is 4.43. The summed E-state index contributed by atoms with van der Waals surface area (Å²) in [6.07, 6.45) is 0. The van der Waals surface area contributed by atoms with E-state index in [9.17, 15) is 15.2 Å². The van der Waals surface area contributed by atoms with Gasteiger partial charge in [0.15, 0.2) is 11.5 Å². The van der Waals surface area contributed by atoms with Gasteiger partial charge in [-0.3, -0.25) is 10.1 Å². The highest BCUT2D eigenvalue weighted by molar-refractivity contribution is 5.54. The molecule has 0 radical (unpaired) electrons. The van der Waals surface area contributed by atoms with Gasteiger partial charge in [-0.05, 0) is 0 Å². The molecule has 0 unspecified atom stereocenters. The molecule has 0 heterocycles. The number of aromatic hydroxyl groups is 1. The molecule has 0 aromatic heterocycles. The maximum atomic E-state index is 10.6. The van der Waals surface area contributed by atoms with Gasteiger partial charge in [0.25, 0.3) is 5.69 Å². The summed E-state index contributed by atoms with van der Waals surface area (Å²) in [4.78, 5) is 9.98. The first-order valence-electron chi connectivity index (χ1n) is 4.43. The molecule has 88 valence electrons. The minimum atomic E-state index is -0.895. The fourth-order valence-electron chi connectivity index (χ4n) is 1.26. The van der Waals surface area contributed by atoms with Crippen LogP contribution in [0.2, 0.25) is 0 Å². The zero-order valence-corrected chi connectivity index (χ0v) is 8.58. The van der Waals surface area contributed by atoms with E-state index in [1.165, 1.54) is 7.11 Å². The number of rotatable bonds is 4. The van der Waals surface area contributed by atoms with Gasteiger partial charge in [-0.25, -0.2) is 0 Å². The average molecular weight is 228 g/mol. The van der Waals surface area contributed by atoms with Crippen LogP contribution in [0.1, 0.15) is 11.6 Å². The molecule has 0 amide bonds. The van der Waals surface area contributed by atoms with Crippen LogP contribution in [0.5, 0.6) is 11.5 Å². The molecular formula is C9H12N2O5. The lowest BCUT2D eigenvalue weighted by molar-refractivity contribution is -0.385. The molecule has 0 fully saturated rings. The standard InChI is InChI=1S/C9H12N2O5/c1-16-8-3-5(11(14)15)2-6(9(8)13)7(10)4-12/h2-3,7,12-13H,4,10H2,1H3/t7-/m0/s1. The lowest BCUT2D eigenvalue weighted by Gasteiger charge is -2.13. The Bertz CT molecular complexity index is 407. The Balaban J connectivity index is 3.35. The van der Waals surface area contributed by atoms with Crippen LogP contribution >= 0.6 is 0 Å². The van der Waals surface area contributed by atoms with Crippen molar-refractivity contribution in [2.24, 2.45) is 5.73 Å². The minimum Gasteiger partial charge on any atom is -0.504 e. The summed E-state index contributed by atoms with van der Waals surface area (Å²) in [5.41, 5.74) is 5.32. The number of methoxy groups -OCH3 is 1. The van der Waals surface area contributed by atoms with E-state index in [2.05, 4.69) is 0 Å². The highest BCUT2D eigenvalue weighted by Crippen LogP contribution is 2.36. The Kier molecular flexibility index (Phi) is 3.64. The molecule has 0 aliphatic carbocycles. The van der Waals surface area contributed by atoms with Gasteiger partial charge in [-0.2, -0.15) is 0 Å². The predicted octanol–water partition coefficient (Wildman–Crippen LogP) is 0.301. The highest BCUT2D eigenvalue weighted by Gasteiger charge is 2.20. The van der Waals surface area contributed by atoms with Crippen LogP contribution in [0.3, 0.4) is 0 Å². The zero-order chi connectivity index (χ0) is 12.3. The fourth-order valence-corrected chi connectivity index (χ4v) is 1.26. The molecule has 1 aromatic carbocycles. The molecule has 0 spiro atoms. The van der Waals surface area contributed by atoms with E-state index in [-0.39, 0.29) is 22.7 Å². The van der Waals surface area contributed by atoms with E-state index < -0.39 is 17.6 Å². The molecule has 4 N–H and O–H groups in total. The number of aliphatic hydroxyl groups excluding tert-OH is 1. The molecule has 0 saturated heterocycles. The Hall–Kier alpha value is -1.86. The van der Waals surface area contributed by atoms with Gasteiger partial charge in [0.2, 0.25) is 0 Å². The van der Waals surface area contributed by atoms with E-state index >= 15 is 0 Å². The maximum absolute atomic E-state index is 10.6. The van der Waals surface area contributed by atoms with Crippen LogP contribution in [-0.4, -0.2) is 28.9 Å². The van der Waals surface area contributed by atoms with Gasteiger partial charge in [0.05, 0.1) is 30.7 Å². The van der Waals surface area contributed by atoms with Crippen molar-refractivity contribution < 1.29 is 19.9 Å². The Morgan fingerprint density at radius 1 is 1.62 bits per heavy atom. The first kappa shape index (κ1) is 12.2. The minimum absolute atomic E-state index is 0.0481. The van der Waals surface area contributed by atoms with Crippen molar-refractivity contribution in [1.82, 2.24) is 0 Å². The zero-order valence-electron chi connectivity index (χ0n) is 8.58. The van der Waals surface area contributed by atoms with Gasteiger partial charge in [0.1, 0.15) is 0 Å².